The Morgan fingerprint density at radius 2 is 1.95 bits per heavy atom. The van der Waals surface area contributed by atoms with Gasteiger partial charge in [0.2, 0.25) is 0 Å². The average Bonchev–Trinajstić information content (AvgIpc) is 3.40. The molecule has 0 aliphatic rings. The standard InChI is InChI=1S/C22H18F4N4O5S2/c1-11(14-4-3-12(23)5-15(14)22(24,25)26)35-18-7-19(36-20(18)21(27)31)30-10-29-16-8-28-13(6-17(16)30)9-34-37(2,32)33/h3-8,10-11H,9H2,1-2H3,(H2,27,31). The second kappa shape index (κ2) is 9.72. The number of thiophene rings is 1. The second-order valence-corrected chi connectivity index (χ2v) is 10.6. The molecular weight excluding hydrogens is 540 g/mol. The first kappa shape index (κ1) is 26.5. The van der Waals surface area contributed by atoms with E-state index < -0.39 is 39.7 Å². The molecule has 1 amide bonds. The lowest BCUT2D eigenvalue weighted by Gasteiger charge is -2.19. The number of imidazole rings is 1. The normalized spacial score (nSPS) is 13.1. The van der Waals surface area contributed by atoms with Gasteiger partial charge in [0.05, 0.1) is 29.2 Å². The third kappa shape index (κ3) is 5.89. The molecule has 0 aliphatic carbocycles. The van der Waals surface area contributed by atoms with E-state index >= 15 is 0 Å². The van der Waals surface area contributed by atoms with Crippen LogP contribution in [-0.2, 0) is 27.1 Å². The molecule has 0 fully saturated rings. The van der Waals surface area contributed by atoms with Crippen molar-refractivity contribution >= 4 is 38.4 Å². The molecule has 37 heavy (non-hydrogen) atoms. The molecule has 3 aromatic heterocycles. The Morgan fingerprint density at radius 1 is 1.22 bits per heavy atom. The second-order valence-electron chi connectivity index (χ2n) is 7.88. The minimum Gasteiger partial charge on any atom is -0.484 e. The summed E-state index contributed by atoms with van der Waals surface area (Å²) in [5.41, 5.74) is 5.16. The minimum atomic E-state index is -4.83. The van der Waals surface area contributed by atoms with Crippen molar-refractivity contribution in [3.63, 3.8) is 0 Å². The van der Waals surface area contributed by atoms with E-state index in [4.69, 9.17) is 14.7 Å². The van der Waals surface area contributed by atoms with Crippen LogP contribution in [0.3, 0.4) is 0 Å². The summed E-state index contributed by atoms with van der Waals surface area (Å²) < 4.78 is 88.5. The van der Waals surface area contributed by atoms with Crippen LogP contribution >= 0.6 is 11.3 Å². The number of halogens is 4. The highest BCUT2D eigenvalue weighted by atomic mass is 32.2. The zero-order chi connectivity index (χ0) is 27.1. The molecule has 2 N–H and O–H groups in total. The average molecular weight is 559 g/mol. The summed E-state index contributed by atoms with van der Waals surface area (Å²) in [4.78, 5) is 20.4. The topological polar surface area (TPSA) is 126 Å². The maximum atomic E-state index is 13.5. The Labute approximate surface area is 211 Å². The van der Waals surface area contributed by atoms with E-state index in [9.17, 15) is 30.8 Å². The number of primary amides is 1. The SMILES string of the molecule is CC(Oc1cc(-n2cnc3cnc(COS(C)(=O)=O)cc32)sc1C(N)=O)c1ccc(F)cc1C(F)(F)F. The summed E-state index contributed by atoms with van der Waals surface area (Å²) in [5, 5.41) is 0.384. The van der Waals surface area contributed by atoms with Crippen molar-refractivity contribution in [3.05, 3.63) is 70.4 Å². The van der Waals surface area contributed by atoms with Crippen molar-refractivity contribution in [3.8, 4) is 10.8 Å². The van der Waals surface area contributed by atoms with E-state index in [1.807, 2.05) is 0 Å². The van der Waals surface area contributed by atoms with Crippen molar-refractivity contribution < 1.29 is 39.7 Å². The van der Waals surface area contributed by atoms with Crippen molar-refractivity contribution in [1.29, 1.82) is 0 Å². The number of fused-ring (bicyclic) bond motifs is 1. The maximum absolute atomic E-state index is 13.5. The predicted molar refractivity (Wildman–Crippen MR) is 125 cm³/mol. The van der Waals surface area contributed by atoms with Crippen LogP contribution in [-0.4, -0.2) is 35.1 Å². The van der Waals surface area contributed by atoms with Gasteiger partial charge in [-0.3, -0.25) is 18.5 Å². The fraction of sp³-hybridized carbons (Fsp3) is 0.227. The van der Waals surface area contributed by atoms with Crippen molar-refractivity contribution in [2.24, 2.45) is 5.73 Å². The lowest BCUT2D eigenvalue weighted by atomic mass is 10.0. The molecular formula is C22H18F4N4O5S2. The third-order valence-corrected chi connectivity index (χ3v) is 6.80. The number of hydrogen-bond acceptors (Lipinski definition) is 8. The zero-order valence-electron chi connectivity index (χ0n) is 19.1. The largest absolute Gasteiger partial charge is 0.484 e. The van der Waals surface area contributed by atoms with Gasteiger partial charge in [-0.2, -0.15) is 21.6 Å². The van der Waals surface area contributed by atoms with E-state index in [1.165, 1.54) is 31.6 Å². The molecule has 4 aromatic rings. The Kier molecular flexibility index (Phi) is 6.96. The number of amides is 1. The number of nitrogens with zero attached hydrogens (tertiary/aromatic N) is 3. The highest BCUT2D eigenvalue weighted by molar-refractivity contribution is 7.85. The Morgan fingerprint density at radius 3 is 2.59 bits per heavy atom. The summed E-state index contributed by atoms with van der Waals surface area (Å²) in [5.74, 6) is -2.00. The fourth-order valence-corrected chi connectivity index (χ4v) is 4.76. The van der Waals surface area contributed by atoms with Crippen LogP contribution in [0.15, 0.2) is 42.9 Å². The molecule has 0 bridgehead atoms. The van der Waals surface area contributed by atoms with Gasteiger partial charge in [0.25, 0.3) is 16.0 Å². The van der Waals surface area contributed by atoms with E-state index in [0.717, 1.165) is 29.7 Å². The first-order valence-electron chi connectivity index (χ1n) is 10.4. The molecule has 4 rings (SSSR count). The number of pyridine rings is 1. The van der Waals surface area contributed by atoms with Crippen LogP contribution in [0.2, 0.25) is 0 Å². The van der Waals surface area contributed by atoms with Gasteiger partial charge in [-0.15, -0.1) is 11.3 Å². The van der Waals surface area contributed by atoms with Crippen LogP contribution in [0, 0.1) is 5.82 Å². The number of carbonyl (C=O) groups excluding carboxylic acids is 1. The molecule has 0 saturated heterocycles. The summed E-state index contributed by atoms with van der Waals surface area (Å²) >= 11 is 0.907. The Hall–Kier alpha value is -3.56. The van der Waals surface area contributed by atoms with Gasteiger partial charge in [0.1, 0.15) is 46.0 Å². The number of aromatic nitrogens is 3. The lowest BCUT2D eigenvalue weighted by Crippen LogP contribution is -2.16. The summed E-state index contributed by atoms with van der Waals surface area (Å²) in [6.07, 6.45) is -2.33. The van der Waals surface area contributed by atoms with Crippen molar-refractivity contribution in [2.75, 3.05) is 6.26 Å². The van der Waals surface area contributed by atoms with Crippen LogP contribution in [0.1, 0.15) is 39.5 Å². The Balaban J connectivity index is 1.71. The zero-order valence-corrected chi connectivity index (χ0v) is 20.7. The van der Waals surface area contributed by atoms with E-state index in [1.54, 1.807) is 4.57 Å². The molecule has 0 spiro atoms. The molecule has 0 saturated carbocycles. The van der Waals surface area contributed by atoms with E-state index in [0.29, 0.717) is 22.1 Å². The molecule has 1 atom stereocenters. The van der Waals surface area contributed by atoms with Gasteiger partial charge >= 0.3 is 6.18 Å². The van der Waals surface area contributed by atoms with Gasteiger partial charge in [0, 0.05) is 11.6 Å². The molecule has 1 unspecified atom stereocenters. The number of carbonyl (C=O) groups is 1. The quantitative estimate of drug-likeness (QED) is 0.252. The van der Waals surface area contributed by atoms with E-state index in [2.05, 4.69) is 9.97 Å². The van der Waals surface area contributed by atoms with Crippen LogP contribution in [0.25, 0.3) is 16.0 Å². The molecule has 196 valence electrons. The number of benzene rings is 1. The number of hydrogen-bond donors (Lipinski definition) is 1. The Bertz CT molecular complexity index is 1600. The van der Waals surface area contributed by atoms with Gasteiger partial charge in [0.15, 0.2) is 0 Å². The summed E-state index contributed by atoms with van der Waals surface area (Å²) in [6, 6.07) is 5.17. The summed E-state index contributed by atoms with van der Waals surface area (Å²) in [6.45, 7) is 1.01. The van der Waals surface area contributed by atoms with E-state index in [-0.39, 0.29) is 28.5 Å². The first-order chi connectivity index (χ1) is 17.2. The number of alkyl halides is 3. The minimum absolute atomic E-state index is 0.0611. The molecule has 0 aliphatic heterocycles. The van der Waals surface area contributed by atoms with Gasteiger partial charge in [-0.05, 0) is 25.1 Å². The molecule has 0 radical (unpaired) electrons. The van der Waals surface area contributed by atoms with Crippen molar-refractivity contribution in [2.45, 2.75) is 25.8 Å². The third-order valence-electron chi connectivity index (χ3n) is 5.12. The molecule has 9 nitrogen and oxygen atoms in total. The van der Waals surface area contributed by atoms with Crippen LogP contribution in [0.4, 0.5) is 17.6 Å². The maximum Gasteiger partial charge on any atom is 0.416 e. The van der Waals surface area contributed by atoms with Crippen molar-refractivity contribution in [1.82, 2.24) is 14.5 Å². The van der Waals surface area contributed by atoms with Gasteiger partial charge in [-0.25, -0.2) is 9.37 Å². The monoisotopic (exact) mass is 558 g/mol. The summed E-state index contributed by atoms with van der Waals surface area (Å²) in [7, 11) is -3.71. The highest BCUT2D eigenvalue weighted by Gasteiger charge is 2.36. The number of rotatable bonds is 8. The van der Waals surface area contributed by atoms with Crippen LogP contribution < -0.4 is 10.5 Å². The number of nitrogens with two attached hydrogens (primary N) is 1. The molecule has 3 heterocycles. The van der Waals surface area contributed by atoms with Gasteiger partial charge < -0.3 is 10.5 Å². The molecule has 15 heteroatoms. The molecule has 1 aromatic carbocycles. The number of ether oxygens (including phenoxy) is 1. The van der Waals surface area contributed by atoms with Crippen LogP contribution in [0.5, 0.6) is 5.75 Å². The smallest absolute Gasteiger partial charge is 0.416 e. The predicted octanol–water partition coefficient (Wildman–Crippen LogP) is 4.36. The van der Waals surface area contributed by atoms with Gasteiger partial charge in [-0.1, -0.05) is 6.07 Å². The lowest BCUT2D eigenvalue weighted by molar-refractivity contribution is -0.139. The highest BCUT2D eigenvalue weighted by Crippen LogP contribution is 2.39. The first-order valence-corrected chi connectivity index (χ1v) is 13.0. The fourth-order valence-electron chi connectivity index (χ4n) is 3.50.